The number of alkyl halides is 3. The third kappa shape index (κ3) is 3.79. The number of nitrogens with zero attached hydrogens (tertiary/aromatic N) is 3. The first-order chi connectivity index (χ1) is 12.4. The summed E-state index contributed by atoms with van der Waals surface area (Å²) in [6.07, 6.45) is -0.428. The third-order valence-corrected chi connectivity index (χ3v) is 3.28. The van der Waals surface area contributed by atoms with E-state index in [2.05, 4.69) is 25.0 Å². The molecular formula is C16H11F3N4O3. The second-order valence-electron chi connectivity index (χ2n) is 5.02. The molecule has 3 aromatic rings. The van der Waals surface area contributed by atoms with Crippen LogP contribution in [0.4, 0.5) is 24.9 Å². The van der Waals surface area contributed by atoms with Crippen molar-refractivity contribution in [2.45, 2.75) is 6.18 Å². The lowest BCUT2D eigenvalue weighted by Crippen LogP contribution is -2.07. The lowest BCUT2D eigenvalue weighted by Gasteiger charge is -2.06. The predicted molar refractivity (Wildman–Crippen MR) is 83.6 cm³/mol. The SMILES string of the molecule is COC(=O)c1ncc(Nc2nc(-c3ccc(C(F)(F)F)cc3)co2)cn1. The fourth-order valence-corrected chi connectivity index (χ4v) is 2.01. The van der Waals surface area contributed by atoms with Gasteiger partial charge in [0.1, 0.15) is 12.0 Å². The highest BCUT2D eigenvalue weighted by atomic mass is 19.4. The fourth-order valence-electron chi connectivity index (χ4n) is 2.01. The molecule has 2 aromatic heterocycles. The minimum Gasteiger partial charge on any atom is -0.463 e. The lowest BCUT2D eigenvalue weighted by molar-refractivity contribution is -0.137. The quantitative estimate of drug-likeness (QED) is 0.706. The predicted octanol–water partition coefficient (Wildman–Crippen LogP) is 3.68. The van der Waals surface area contributed by atoms with Crippen molar-refractivity contribution in [1.29, 1.82) is 0 Å². The number of carbonyl (C=O) groups excluding carboxylic acids is 1. The zero-order chi connectivity index (χ0) is 18.7. The maximum Gasteiger partial charge on any atom is 0.416 e. The maximum absolute atomic E-state index is 12.6. The second-order valence-corrected chi connectivity index (χ2v) is 5.02. The van der Waals surface area contributed by atoms with Gasteiger partial charge in [-0.15, -0.1) is 0 Å². The number of methoxy groups -OCH3 is 1. The number of nitrogens with one attached hydrogen (secondary N) is 1. The smallest absolute Gasteiger partial charge is 0.416 e. The van der Waals surface area contributed by atoms with Crippen LogP contribution in [0.25, 0.3) is 11.3 Å². The van der Waals surface area contributed by atoms with E-state index in [1.807, 2.05) is 0 Å². The molecule has 0 aliphatic rings. The van der Waals surface area contributed by atoms with Crippen molar-refractivity contribution in [1.82, 2.24) is 15.0 Å². The van der Waals surface area contributed by atoms with Crippen LogP contribution in [0.5, 0.6) is 0 Å². The first-order valence-corrected chi connectivity index (χ1v) is 7.17. The number of esters is 1. The number of aromatic nitrogens is 3. The molecule has 0 aliphatic heterocycles. The highest BCUT2D eigenvalue weighted by Crippen LogP contribution is 2.31. The highest BCUT2D eigenvalue weighted by Gasteiger charge is 2.30. The van der Waals surface area contributed by atoms with E-state index in [0.29, 0.717) is 16.9 Å². The number of benzene rings is 1. The Labute approximate surface area is 144 Å². The molecule has 7 nitrogen and oxygen atoms in total. The molecule has 0 radical (unpaired) electrons. The average Bonchev–Trinajstić information content (AvgIpc) is 3.09. The van der Waals surface area contributed by atoms with Crippen molar-refractivity contribution in [3.8, 4) is 11.3 Å². The molecule has 10 heteroatoms. The molecule has 0 unspecified atom stereocenters. The minimum atomic E-state index is -4.40. The molecule has 0 aliphatic carbocycles. The van der Waals surface area contributed by atoms with Gasteiger partial charge in [0.25, 0.3) is 6.01 Å². The Kier molecular flexibility index (Phi) is 4.57. The molecule has 0 spiro atoms. The van der Waals surface area contributed by atoms with Crippen molar-refractivity contribution in [3.63, 3.8) is 0 Å². The summed E-state index contributed by atoms with van der Waals surface area (Å²) < 4.78 is 47.5. The molecule has 0 atom stereocenters. The van der Waals surface area contributed by atoms with Crippen molar-refractivity contribution >= 4 is 17.7 Å². The van der Waals surface area contributed by atoms with Crippen LogP contribution in [0.2, 0.25) is 0 Å². The molecule has 3 rings (SSSR count). The van der Waals surface area contributed by atoms with Gasteiger partial charge in [-0.2, -0.15) is 18.2 Å². The Hall–Kier alpha value is -3.43. The van der Waals surface area contributed by atoms with Gasteiger partial charge < -0.3 is 14.5 Å². The summed E-state index contributed by atoms with van der Waals surface area (Å²) >= 11 is 0. The van der Waals surface area contributed by atoms with Crippen LogP contribution < -0.4 is 5.32 Å². The van der Waals surface area contributed by atoms with Gasteiger partial charge in [-0.25, -0.2) is 14.8 Å². The zero-order valence-electron chi connectivity index (χ0n) is 13.2. The van der Waals surface area contributed by atoms with Gasteiger partial charge in [-0.05, 0) is 12.1 Å². The minimum absolute atomic E-state index is 0.0920. The number of hydrogen-bond donors (Lipinski definition) is 1. The lowest BCUT2D eigenvalue weighted by atomic mass is 10.1. The van der Waals surface area contributed by atoms with Gasteiger partial charge >= 0.3 is 12.1 Å². The van der Waals surface area contributed by atoms with Gasteiger partial charge in [0.2, 0.25) is 5.82 Å². The number of hydrogen-bond acceptors (Lipinski definition) is 7. The summed E-state index contributed by atoms with van der Waals surface area (Å²) in [6.45, 7) is 0. The fraction of sp³-hybridized carbons (Fsp3) is 0.125. The molecule has 26 heavy (non-hydrogen) atoms. The van der Waals surface area contributed by atoms with Crippen LogP contribution in [0.3, 0.4) is 0 Å². The van der Waals surface area contributed by atoms with E-state index in [0.717, 1.165) is 12.1 Å². The summed E-state index contributed by atoms with van der Waals surface area (Å²) in [5.74, 6) is -0.770. The summed E-state index contributed by atoms with van der Waals surface area (Å²) in [5.41, 5.74) is 0.477. The first kappa shape index (κ1) is 17.4. The molecule has 0 amide bonds. The molecule has 1 aromatic carbocycles. The van der Waals surface area contributed by atoms with Crippen LogP contribution in [-0.4, -0.2) is 28.0 Å². The van der Waals surface area contributed by atoms with E-state index in [-0.39, 0.29) is 11.8 Å². The number of anilines is 2. The van der Waals surface area contributed by atoms with E-state index in [1.54, 1.807) is 0 Å². The monoisotopic (exact) mass is 364 g/mol. The Morgan fingerprint density at radius 1 is 1.15 bits per heavy atom. The summed E-state index contributed by atoms with van der Waals surface area (Å²) in [6, 6.07) is 4.64. The van der Waals surface area contributed by atoms with E-state index < -0.39 is 17.7 Å². The van der Waals surface area contributed by atoms with Crippen LogP contribution in [0.15, 0.2) is 47.3 Å². The zero-order valence-corrected chi connectivity index (χ0v) is 13.2. The van der Waals surface area contributed by atoms with E-state index in [9.17, 15) is 18.0 Å². The maximum atomic E-state index is 12.6. The Bertz CT molecular complexity index is 906. The summed E-state index contributed by atoms with van der Waals surface area (Å²) in [4.78, 5) is 23.0. The standard InChI is InChI=1S/C16H11F3N4O3/c1-25-14(24)13-20-6-11(7-21-13)22-15-23-12(8-26-15)9-2-4-10(5-3-9)16(17,18)19/h2-8H,1H3,(H,22,23). The molecule has 134 valence electrons. The first-order valence-electron chi connectivity index (χ1n) is 7.17. The van der Waals surface area contributed by atoms with Gasteiger partial charge in [0.05, 0.1) is 30.8 Å². The number of carbonyl (C=O) groups is 1. The van der Waals surface area contributed by atoms with Gasteiger partial charge in [-0.3, -0.25) is 0 Å². The molecule has 2 heterocycles. The van der Waals surface area contributed by atoms with E-state index in [1.165, 1.54) is 37.9 Å². The molecule has 1 N–H and O–H groups in total. The number of halogens is 3. The van der Waals surface area contributed by atoms with Crippen molar-refractivity contribution < 1.29 is 27.1 Å². The van der Waals surface area contributed by atoms with Crippen molar-refractivity contribution in [3.05, 3.63) is 54.3 Å². The number of rotatable bonds is 4. The van der Waals surface area contributed by atoms with Gasteiger partial charge in [0.15, 0.2) is 0 Å². The van der Waals surface area contributed by atoms with Crippen LogP contribution >= 0.6 is 0 Å². The van der Waals surface area contributed by atoms with Crippen LogP contribution in [0, 0.1) is 0 Å². The Morgan fingerprint density at radius 2 is 1.81 bits per heavy atom. The Morgan fingerprint density at radius 3 is 2.38 bits per heavy atom. The average molecular weight is 364 g/mol. The third-order valence-electron chi connectivity index (χ3n) is 3.28. The van der Waals surface area contributed by atoms with Crippen LogP contribution in [0.1, 0.15) is 16.2 Å². The molecule has 0 saturated carbocycles. The van der Waals surface area contributed by atoms with Crippen molar-refractivity contribution in [2.24, 2.45) is 0 Å². The summed E-state index contributed by atoms with van der Waals surface area (Å²) in [7, 11) is 1.22. The normalized spacial score (nSPS) is 11.2. The Balaban J connectivity index is 1.73. The van der Waals surface area contributed by atoms with E-state index in [4.69, 9.17) is 4.42 Å². The largest absolute Gasteiger partial charge is 0.463 e. The second kappa shape index (κ2) is 6.82. The number of ether oxygens (including phenoxy) is 1. The van der Waals surface area contributed by atoms with E-state index >= 15 is 0 Å². The topological polar surface area (TPSA) is 90.1 Å². The van der Waals surface area contributed by atoms with Crippen molar-refractivity contribution in [2.75, 3.05) is 12.4 Å². The summed E-state index contributed by atoms with van der Waals surface area (Å²) in [5, 5.41) is 2.78. The van der Waals surface area contributed by atoms with Gasteiger partial charge in [-0.1, -0.05) is 12.1 Å². The molecule has 0 fully saturated rings. The van der Waals surface area contributed by atoms with Gasteiger partial charge in [0, 0.05) is 5.56 Å². The molecule has 0 saturated heterocycles. The molecular weight excluding hydrogens is 353 g/mol. The van der Waals surface area contributed by atoms with Crippen LogP contribution in [-0.2, 0) is 10.9 Å². The number of oxazole rings is 1. The molecule has 0 bridgehead atoms. The highest BCUT2D eigenvalue weighted by molar-refractivity contribution is 5.85.